The smallest absolute Gasteiger partial charge is 0.0755 e. The minimum atomic E-state index is -0.546. The Kier molecular flexibility index (Phi) is 7.75. The van der Waals surface area contributed by atoms with Gasteiger partial charge in [-0.3, -0.25) is 0 Å². The summed E-state index contributed by atoms with van der Waals surface area (Å²) in [6.07, 6.45) is 0. The second kappa shape index (κ2) is 13.4. The summed E-state index contributed by atoms with van der Waals surface area (Å²) < 4.78 is 0. The third kappa shape index (κ3) is 5.04. The van der Waals surface area contributed by atoms with Crippen LogP contribution >= 0.6 is 0 Å². The van der Waals surface area contributed by atoms with E-state index in [4.69, 9.17) is 0 Å². The SMILES string of the molecule is c1ccc(-c2ccc(-c3ccccc3N(c3ccccc3)c3cccc4c3-c3ccccc3C43c4ccccc4N(c4ccccc4)c4ccccc43)cc2)cc1. The molecule has 0 bridgehead atoms. The number of para-hydroxylation sites is 5. The molecule has 11 rings (SSSR count). The van der Waals surface area contributed by atoms with E-state index in [-0.39, 0.29) is 0 Å². The lowest BCUT2D eigenvalue weighted by Crippen LogP contribution is -2.36. The zero-order chi connectivity index (χ0) is 37.8. The predicted octanol–water partition coefficient (Wildman–Crippen LogP) is 14.6. The maximum atomic E-state index is 2.48. The molecule has 1 spiro atoms. The number of anilines is 6. The molecule has 0 saturated heterocycles. The second-order valence-corrected chi connectivity index (χ2v) is 14.8. The Balaban J connectivity index is 1.17. The number of rotatable bonds is 6. The third-order valence-corrected chi connectivity index (χ3v) is 11.9. The van der Waals surface area contributed by atoms with Crippen molar-refractivity contribution >= 4 is 34.1 Å². The minimum absolute atomic E-state index is 0.546. The fourth-order valence-corrected chi connectivity index (χ4v) is 9.55. The summed E-state index contributed by atoms with van der Waals surface area (Å²) >= 11 is 0. The second-order valence-electron chi connectivity index (χ2n) is 14.8. The standard InChI is InChI=1S/C55H38N2/c1-4-19-39(20-5-1)40-35-37-41(38-36-40)44-25-11-15-31-50(44)56(42-21-6-2-7-22-42)53-34-18-30-49-54(53)45-26-10-12-27-46(45)55(49)47-28-13-16-32-51(47)57(43-23-8-3-9-24-43)52-33-17-14-29-48(52)55/h1-38H. The molecule has 0 saturated carbocycles. The number of hydrogen-bond donors (Lipinski definition) is 0. The highest BCUT2D eigenvalue weighted by molar-refractivity contribution is 6.02. The van der Waals surface area contributed by atoms with E-state index in [1.807, 2.05) is 0 Å². The molecule has 57 heavy (non-hydrogen) atoms. The fraction of sp³-hybridized carbons (Fsp3) is 0.0182. The molecule has 2 aliphatic rings. The maximum Gasteiger partial charge on any atom is 0.0755 e. The predicted molar refractivity (Wildman–Crippen MR) is 238 cm³/mol. The van der Waals surface area contributed by atoms with Gasteiger partial charge < -0.3 is 9.80 Å². The van der Waals surface area contributed by atoms with E-state index in [1.54, 1.807) is 0 Å². The average Bonchev–Trinajstić information content (AvgIpc) is 3.59. The largest absolute Gasteiger partial charge is 0.310 e. The van der Waals surface area contributed by atoms with Crippen LogP contribution in [0.15, 0.2) is 231 Å². The lowest BCUT2D eigenvalue weighted by Gasteiger charge is -2.45. The van der Waals surface area contributed by atoms with Crippen molar-refractivity contribution < 1.29 is 0 Å². The van der Waals surface area contributed by atoms with E-state index in [9.17, 15) is 0 Å². The Morgan fingerprint density at radius 3 is 1.47 bits per heavy atom. The van der Waals surface area contributed by atoms with Crippen molar-refractivity contribution in [2.75, 3.05) is 9.80 Å². The first-order valence-electron chi connectivity index (χ1n) is 19.7. The normalized spacial score (nSPS) is 13.0. The van der Waals surface area contributed by atoms with Crippen LogP contribution in [0.4, 0.5) is 34.1 Å². The summed E-state index contributed by atoms with van der Waals surface area (Å²) in [4.78, 5) is 4.92. The van der Waals surface area contributed by atoms with Gasteiger partial charge in [-0.2, -0.15) is 0 Å². The van der Waals surface area contributed by atoms with Gasteiger partial charge >= 0.3 is 0 Å². The first-order valence-corrected chi connectivity index (χ1v) is 19.7. The highest BCUT2D eigenvalue weighted by Crippen LogP contribution is 2.65. The topological polar surface area (TPSA) is 6.48 Å². The van der Waals surface area contributed by atoms with Crippen LogP contribution in [0, 0.1) is 0 Å². The molecule has 1 heterocycles. The molecule has 2 nitrogen and oxygen atoms in total. The van der Waals surface area contributed by atoms with Gasteiger partial charge in [-0.25, -0.2) is 0 Å². The Bertz CT molecular complexity index is 2850. The highest BCUT2D eigenvalue weighted by atomic mass is 15.2. The van der Waals surface area contributed by atoms with E-state index < -0.39 is 5.41 Å². The average molecular weight is 727 g/mol. The number of nitrogens with zero attached hydrogens (tertiary/aromatic N) is 2. The first kappa shape index (κ1) is 33.0. The van der Waals surface area contributed by atoms with Gasteiger partial charge in [0, 0.05) is 22.5 Å². The number of fused-ring (bicyclic) bond motifs is 9. The summed E-state index contributed by atoms with van der Waals surface area (Å²) in [5, 5.41) is 0. The highest BCUT2D eigenvalue weighted by Gasteiger charge is 2.52. The molecule has 0 amide bonds. The molecule has 0 fully saturated rings. The van der Waals surface area contributed by atoms with Crippen molar-refractivity contribution in [1.29, 1.82) is 0 Å². The summed E-state index contributed by atoms with van der Waals surface area (Å²) in [5.74, 6) is 0. The molecule has 268 valence electrons. The van der Waals surface area contributed by atoms with E-state index in [1.165, 1.54) is 67.0 Å². The molecule has 9 aromatic rings. The van der Waals surface area contributed by atoms with Gasteiger partial charge in [0.25, 0.3) is 0 Å². The molecule has 9 aromatic carbocycles. The van der Waals surface area contributed by atoms with Gasteiger partial charge in [0.15, 0.2) is 0 Å². The molecular formula is C55H38N2. The van der Waals surface area contributed by atoms with Crippen molar-refractivity contribution in [2.24, 2.45) is 0 Å². The third-order valence-electron chi connectivity index (χ3n) is 11.9. The lowest BCUT2D eigenvalue weighted by molar-refractivity contribution is 0.752. The van der Waals surface area contributed by atoms with Crippen LogP contribution in [0.5, 0.6) is 0 Å². The first-order chi connectivity index (χ1) is 28.3. The molecule has 0 unspecified atom stereocenters. The van der Waals surface area contributed by atoms with Crippen LogP contribution in [-0.4, -0.2) is 0 Å². The van der Waals surface area contributed by atoms with Gasteiger partial charge in [0.2, 0.25) is 0 Å². The zero-order valence-corrected chi connectivity index (χ0v) is 31.3. The molecule has 1 aliphatic heterocycles. The van der Waals surface area contributed by atoms with Crippen LogP contribution in [0.1, 0.15) is 22.3 Å². The van der Waals surface area contributed by atoms with Gasteiger partial charge in [-0.1, -0.05) is 182 Å². The molecule has 0 atom stereocenters. The van der Waals surface area contributed by atoms with Crippen LogP contribution in [0.2, 0.25) is 0 Å². The van der Waals surface area contributed by atoms with E-state index in [0.717, 1.165) is 22.7 Å². The van der Waals surface area contributed by atoms with Crippen LogP contribution < -0.4 is 9.80 Å². The molecule has 2 heteroatoms. The Morgan fingerprint density at radius 2 is 0.789 bits per heavy atom. The quantitative estimate of drug-likeness (QED) is 0.168. The van der Waals surface area contributed by atoms with E-state index >= 15 is 0 Å². The maximum absolute atomic E-state index is 2.48. The van der Waals surface area contributed by atoms with Crippen molar-refractivity contribution in [3.05, 3.63) is 253 Å². The van der Waals surface area contributed by atoms with Gasteiger partial charge in [0.1, 0.15) is 0 Å². The Morgan fingerprint density at radius 1 is 0.316 bits per heavy atom. The lowest BCUT2D eigenvalue weighted by atomic mass is 9.64. The van der Waals surface area contributed by atoms with Crippen molar-refractivity contribution in [3.8, 4) is 33.4 Å². The molecule has 1 aliphatic carbocycles. The van der Waals surface area contributed by atoms with Crippen molar-refractivity contribution in [3.63, 3.8) is 0 Å². The Hall–Kier alpha value is -7.42. The van der Waals surface area contributed by atoms with Crippen LogP contribution in [-0.2, 0) is 5.41 Å². The van der Waals surface area contributed by atoms with E-state index in [0.29, 0.717) is 0 Å². The summed E-state index contributed by atoms with van der Waals surface area (Å²) in [7, 11) is 0. The number of benzene rings is 9. The van der Waals surface area contributed by atoms with Crippen molar-refractivity contribution in [2.45, 2.75) is 5.41 Å². The molecular weight excluding hydrogens is 689 g/mol. The monoisotopic (exact) mass is 726 g/mol. The zero-order valence-electron chi connectivity index (χ0n) is 31.3. The summed E-state index contributed by atoms with van der Waals surface area (Å²) in [5.41, 5.74) is 18.8. The fourth-order valence-electron chi connectivity index (χ4n) is 9.55. The molecule has 0 aromatic heterocycles. The van der Waals surface area contributed by atoms with Crippen LogP contribution in [0.25, 0.3) is 33.4 Å². The van der Waals surface area contributed by atoms with Gasteiger partial charge in [0.05, 0.1) is 28.2 Å². The van der Waals surface area contributed by atoms with Crippen molar-refractivity contribution in [1.82, 2.24) is 0 Å². The minimum Gasteiger partial charge on any atom is -0.310 e. The summed E-state index contributed by atoms with van der Waals surface area (Å²) in [6, 6.07) is 84.2. The van der Waals surface area contributed by atoms with Crippen LogP contribution in [0.3, 0.4) is 0 Å². The summed E-state index contributed by atoms with van der Waals surface area (Å²) in [6.45, 7) is 0. The van der Waals surface area contributed by atoms with Gasteiger partial charge in [-0.05, 0) is 93.0 Å². The number of hydrogen-bond acceptors (Lipinski definition) is 2. The Labute approximate surface area is 334 Å². The molecule has 0 N–H and O–H groups in total. The molecule has 0 radical (unpaired) electrons. The van der Waals surface area contributed by atoms with E-state index in [2.05, 4.69) is 240 Å². The van der Waals surface area contributed by atoms with Gasteiger partial charge in [-0.15, -0.1) is 0 Å².